The van der Waals surface area contributed by atoms with Gasteiger partial charge in [0.25, 0.3) is 0 Å². The highest BCUT2D eigenvalue weighted by Gasteiger charge is 2.44. The molecule has 0 aliphatic heterocycles. The summed E-state index contributed by atoms with van der Waals surface area (Å²) in [7, 11) is 1.39. The van der Waals surface area contributed by atoms with Crippen molar-refractivity contribution < 1.29 is 19.1 Å². The van der Waals surface area contributed by atoms with Crippen molar-refractivity contribution >= 4 is 29.7 Å². The van der Waals surface area contributed by atoms with Gasteiger partial charge in [0.15, 0.2) is 0 Å². The number of hydrogen-bond acceptors (Lipinski definition) is 5. The minimum absolute atomic E-state index is 0.0674. The predicted octanol–water partition coefficient (Wildman–Crippen LogP) is 0.648. The zero-order valence-electron chi connectivity index (χ0n) is 10.4. The molecule has 0 spiro atoms. The molecule has 0 aromatic heterocycles. The van der Waals surface area contributed by atoms with Gasteiger partial charge in [-0.15, -0.1) is 0 Å². The molecule has 7 heteroatoms. The second-order valence-corrected chi connectivity index (χ2v) is 5.57. The summed E-state index contributed by atoms with van der Waals surface area (Å²) in [4.78, 5) is 32.7. The Kier molecular flexibility index (Phi) is 5.46. The maximum atomic E-state index is 11.2. The first-order valence-electron chi connectivity index (χ1n) is 5.71. The van der Waals surface area contributed by atoms with Gasteiger partial charge in [0.1, 0.15) is 0 Å². The molecular formula is C11H18N2O4S. The van der Waals surface area contributed by atoms with Gasteiger partial charge < -0.3 is 10.5 Å². The van der Waals surface area contributed by atoms with Gasteiger partial charge in [-0.05, 0) is 24.0 Å². The topological polar surface area (TPSA) is 98.5 Å². The summed E-state index contributed by atoms with van der Waals surface area (Å²) < 4.78 is 4.65. The zero-order chi connectivity index (χ0) is 13.6. The van der Waals surface area contributed by atoms with Crippen LogP contribution in [0, 0.1) is 5.41 Å². The van der Waals surface area contributed by atoms with E-state index in [0.717, 1.165) is 18.6 Å². The van der Waals surface area contributed by atoms with Crippen LogP contribution >= 0.6 is 11.8 Å². The molecule has 18 heavy (non-hydrogen) atoms. The van der Waals surface area contributed by atoms with Crippen molar-refractivity contribution in [3.8, 4) is 0 Å². The van der Waals surface area contributed by atoms with Gasteiger partial charge in [0.05, 0.1) is 13.5 Å². The third kappa shape index (κ3) is 5.39. The number of nitrogens with two attached hydrogens (primary N) is 1. The normalized spacial score (nSPS) is 15.8. The van der Waals surface area contributed by atoms with Gasteiger partial charge >= 0.3 is 12.0 Å². The average molecular weight is 274 g/mol. The molecule has 6 nitrogen and oxygen atoms in total. The number of hydrogen-bond donors (Lipinski definition) is 2. The molecule has 0 saturated heterocycles. The van der Waals surface area contributed by atoms with E-state index in [-0.39, 0.29) is 23.7 Å². The van der Waals surface area contributed by atoms with E-state index in [9.17, 15) is 14.4 Å². The van der Waals surface area contributed by atoms with Crippen LogP contribution in [0.2, 0.25) is 0 Å². The Morgan fingerprint density at radius 3 is 2.56 bits per heavy atom. The summed E-state index contributed by atoms with van der Waals surface area (Å²) >= 11 is 1.61. The second-order valence-electron chi connectivity index (χ2n) is 4.47. The van der Waals surface area contributed by atoms with E-state index in [1.807, 2.05) is 5.32 Å². The third-order valence-electron chi connectivity index (χ3n) is 2.85. The summed E-state index contributed by atoms with van der Waals surface area (Å²) in [5.74, 6) is 0.904. The molecule has 1 aliphatic rings. The van der Waals surface area contributed by atoms with Crippen LogP contribution in [0.15, 0.2) is 0 Å². The largest absolute Gasteiger partial charge is 0.469 e. The predicted molar refractivity (Wildman–Crippen MR) is 68.0 cm³/mol. The average Bonchev–Trinajstić information content (AvgIpc) is 3.04. The molecule has 0 atom stereocenters. The van der Waals surface area contributed by atoms with E-state index >= 15 is 0 Å². The zero-order valence-corrected chi connectivity index (χ0v) is 11.2. The van der Waals surface area contributed by atoms with Crippen LogP contribution in [0.3, 0.4) is 0 Å². The summed E-state index contributed by atoms with van der Waals surface area (Å²) in [6.07, 6.45) is 2.76. The molecule has 0 bridgehead atoms. The van der Waals surface area contributed by atoms with Crippen LogP contribution < -0.4 is 11.1 Å². The molecular weight excluding hydrogens is 256 g/mol. The van der Waals surface area contributed by atoms with Crippen LogP contribution in [0.25, 0.3) is 0 Å². The maximum Gasteiger partial charge on any atom is 0.318 e. The number of imide groups is 1. The van der Waals surface area contributed by atoms with Gasteiger partial charge in [-0.3, -0.25) is 14.9 Å². The molecule has 1 aliphatic carbocycles. The third-order valence-corrected chi connectivity index (χ3v) is 4.16. The first kappa shape index (κ1) is 14.8. The molecule has 1 rings (SSSR count). The van der Waals surface area contributed by atoms with Crippen molar-refractivity contribution in [2.24, 2.45) is 11.1 Å². The molecule has 3 amide bonds. The second kappa shape index (κ2) is 6.63. The number of esters is 1. The Hall–Kier alpha value is -1.24. The van der Waals surface area contributed by atoms with E-state index in [1.165, 1.54) is 7.11 Å². The van der Waals surface area contributed by atoms with Crippen molar-refractivity contribution in [1.29, 1.82) is 0 Å². The highest BCUT2D eigenvalue weighted by atomic mass is 32.2. The Labute approximate surface area is 110 Å². The molecule has 3 N–H and O–H groups in total. The first-order valence-corrected chi connectivity index (χ1v) is 6.87. The van der Waals surface area contributed by atoms with Gasteiger partial charge in [-0.25, -0.2) is 4.79 Å². The van der Waals surface area contributed by atoms with Gasteiger partial charge in [-0.2, -0.15) is 11.8 Å². The van der Waals surface area contributed by atoms with Crippen LogP contribution in [-0.2, 0) is 14.3 Å². The summed E-state index contributed by atoms with van der Waals surface area (Å²) in [6.45, 7) is 0. The van der Waals surface area contributed by atoms with E-state index in [4.69, 9.17) is 5.73 Å². The van der Waals surface area contributed by atoms with Crippen LogP contribution in [0.5, 0.6) is 0 Å². The molecule has 102 valence electrons. The van der Waals surface area contributed by atoms with Crippen molar-refractivity contribution in [3.63, 3.8) is 0 Å². The maximum absolute atomic E-state index is 11.2. The van der Waals surface area contributed by atoms with Gasteiger partial charge in [0, 0.05) is 12.2 Å². The first-order chi connectivity index (χ1) is 8.47. The minimum atomic E-state index is -0.825. The number of rotatable bonds is 7. The Morgan fingerprint density at radius 1 is 1.39 bits per heavy atom. The highest BCUT2D eigenvalue weighted by molar-refractivity contribution is 7.99. The lowest BCUT2D eigenvalue weighted by Gasteiger charge is -2.12. The SMILES string of the molecule is COC(=O)CC1(CSCCC(=O)NC(N)=O)CC1. The van der Waals surface area contributed by atoms with Crippen molar-refractivity contribution in [2.75, 3.05) is 18.6 Å². The molecule has 0 heterocycles. The standard InChI is InChI=1S/C11H18N2O4S/c1-17-9(15)6-11(3-4-11)7-18-5-2-8(14)13-10(12)16/h2-7H2,1H3,(H3,12,13,14,16). The molecule has 1 saturated carbocycles. The number of nitrogens with one attached hydrogen (secondary N) is 1. The summed E-state index contributed by atoms with van der Waals surface area (Å²) in [5, 5.41) is 2.01. The van der Waals surface area contributed by atoms with E-state index in [2.05, 4.69) is 4.74 Å². The molecule has 0 aromatic carbocycles. The van der Waals surface area contributed by atoms with Crippen LogP contribution in [0.1, 0.15) is 25.7 Å². The van der Waals surface area contributed by atoms with Crippen LogP contribution in [0.4, 0.5) is 4.79 Å². The smallest absolute Gasteiger partial charge is 0.318 e. The lowest BCUT2D eigenvalue weighted by Crippen LogP contribution is -2.35. The fourth-order valence-electron chi connectivity index (χ4n) is 1.58. The number of ether oxygens (including phenoxy) is 1. The van der Waals surface area contributed by atoms with Crippen LogP contribution in [-0.4, -0.2) is 36.5 Å². The number of thioether (sulfide) groups is 1. The lowest BCUT2D eigenvalue weighted by molar-refractivity contribution is -0.141. The Balaban J connectivity index is 2.12. The summed E-state index contributed by atoms with van der Waals surface area (Å²) in [6, 6.07) is -0.825. The highest BCUT2D eigenvalue weighted by Crippen LogP contribution is 2.51. The molecule has 0 unspecified atom stereocenters. The van der Waals surface area contributed by atoms with Gasteiger partial charge in [-0.1, -0.05) is 0 Å². The Bertz CT molecular complexity index is 342. The van der Waals surface area contributed by atoms with Crippen molar-refractivity contribution in [2.45, 2.75) is 25.7 Å². The number of urea groups is 1. The van der Waals surface area contributed by atoms with E-state index in [0.29, 0.717) is 12.2 Å². The Morgan fingerprint density at radius 2 is 2.06 bits per heavy atom. The quantitative estimate of drug-likeness (QED) is 0.524. The number of carbonyl (C=O) groups excluding carboxylic acids is 3. The molecule has 0 aromatic rings. The number of carbonyl (C=O) groups is 3. The molecule has 0 radical (unpaired) electrons. The van der Waals surface area contributed by atoms with Crippen molar-refractivity contribution in [1.82, 2.24) is 5.32 Å². The monoisotopic (exact) mass is 274 g/mol. The summed E-state index contributed by atoms with van der Waals surface area (Å²) in [5.41, 5.74) is 4.89. The van der Waals surface area contributed by atoms with E-state index < -0.39 is 6.03 Å². The van der Waals surface area contributed by atoms with Crippen molar-refractivity contribution in [3.05, 3.63) is 0 Å². The number of amides is 3. The number of methoxy groups -OCH3 is 1. The number of primary amides is 1. The fraction of sp³-hybridized carbons (Fsp3) is 0.727. The lowest BCUT2D eigenvalue weighted by atomic mass is 10.1. The molecule has 1 fully saturated rings. The van der Waals surface area contributed by atoms with Gasteiger partial charge in [0.2, 0.25) is 5.91 Å². The minimum Gasteiger partial charge on any atom is -0.469 e. The van der Waals surface area contributed by atoms with E-state index in [1.54, 1.807) is 11.8 Å². The fourth-order valence-corrected chi connectivity index (χ4v) is 2.88.